The number of hydrogen-bond acceptors (Lipinski definition) is 3. The number of aryl methyl sites for hydroxylation is 2. The topological polar surface area (TPSA) is 55.9 Å². The number of nitrogen functional groups attached to an aromatic ring is 1. The molecule has 0 unspecified atom stereocenters. The molecular formula is C12H15ClN4. The first-order valence-corrected chi connectivity index (χ1v) is 5.72. The Morgan fingerprint density at radius 3 is 2.82 bits per heavy atom. The van der Waals surface area contributed by atoms with Crippen molar-refractivity contribution in [2.24, 2.45) is 7.05 Å². The minimum Gasteiger partial charge on any atom is -0.397 e. The van der Waals surface area contributed by atoms with Crippen molar-refractivity contribution in [2.75, 3.05) is 11.1 Å². The summed E-state index contributed by atoms with van der Waals surface area (Å²) < 4.78 is 1.80. The van der Waals surface area contributed by atoms with E-state index in [-0.39, 0.29) is 0 Å². The highest BCUT2D eigenvalue weighted by molar-refractivity contribution is 6.31. The van der Waals surface area contributed by atoms with E-state index in [9.17, 15) is 0 Å². The minimum atomic E-state index is 0.644. The average molecular weight is 251 g/mol. The van der Waals surface area contributed by atoms with E-state index in [1.165, 1.54) is 0 Å². The summed E-state index contributed by atoms with van der Waals surface area (Å²) in [7, 11) is 1.91. The van der Waals surface area contributed by atoms with Crippen LogP contribution in [0.15, 0.2) is 24.4 Å². The van der Waals surface area contributed by atoms with Gasteiger partial charge in [0.15, 0.2) is 0 Å². The van der Waals surface area contributed by atoms with E-state index in [1.807, 2.05) is 32.3 Å². The predicted octanol–water partition coefficient (Wildman–Crippen LogP) is 2.58. The number of anilines is 2. The number of benzene rings is 1. The van der Waals surface area contributed by atoms with Crippen LogP contribution in [0.25, 0.3) is 0 Å². The van der Waals surface area contributed by atoms with Crippen LogP contribution in [0.4, 0.5) is 11.4 Å². The quantitative estimate of drug-likeness (QED) is 0.824. The maximum Gasteiger partial charge on any atom is 0.0643 e. The average Bonchev–Trinajstić information content (AvgIpc) is 2.56. The molecule has 0 fully saturated rings. The summed E-state index contributed by atoms with van der Waals surface area (Å²) >= 11 is 5.84. The highest BCUT2D eigenvalue weighted by atomic mass is 35.5. The zero-order chi connectivity index (χ0) is 12.4. The van der Waals surface area contributed by atoms with Crippen molar-refractivity contribution < 1.29 is 0 Å². The van der Waals surface area contributed by atoms with Gasteiger partial charge in [-0.05, 0) is 25.1 Å². The van der Waals surface area contributed by atoms with Gasteiger partial charge in [0.25, 0.3) is 0 Å². The van der Waals surface area contributed by atoms with Crippen LogP contribution in [0.3, 0.4) is 0 Å². The van der Waals surface area contributed by atoms with Gasteiger partial charge in [-0.15, -0.1) is 0 Å². The summed E-state index contributed by atoms with van der Waals surface area (Å²) in [6.45, 7) is 2.69. The Bertz CT molecular complexity index is 533. The lowest BCUT2D eigenvalue weighted by molar-refractivity contribution is 0.756. The molecule has 2 rings (SSSR count). The fraction of sp³-hybridized carbons (Fsp3) is 0.250. The molecular weight excluding hydrogens is 236 g/mol. The number of aromatic nitrogens is 2. The van der Waals surface area contributed by atoms with Gasteiger partial charge in [-0.2, -0.15) is 5.10 Å². The van der Waals surface area contributed by atoms with E-state index in [4.69, 9.17) is 17.3 Å². The molecule has 0 spiro atoms. The molecule has 1 aromatic carbocycles. The Kier molecular flexibility index (Phi) is 3.24. The van der Waals surface area contributed by atoms with Crippen LogP contribution in [-0.2, 0) is 13.6 Å². The first-order valence-electron chi connectivity index (χ1n) is 5.34. The smallest absolute Gasteiger partial charge is 0.0643 e. The Balaban J connectivity index is 2.10. The summed E-state index contributed by atoms with van der Waals surface area (Å²) in [4.78, 5) is 0. The van der Waals surface area contributed by atoms with E-state index in [1.54, 1.807) is 10.7 Å². The molecule has 4 nitrogen and oxygen atoms in total. The van der Waals surface area contributed by atoms with Crippen molar-refractivity contribution in [1.29, 1.82) is 0 Å². The van der Waals surface area contributed by atoms with Crippen molar-refractivity contribution in [2.45, 2.75) is 13.5 Å². The van der Waals surface area contributed by atoms with Crippen LogP contribution in [0.5, 0.6) is 0 Å². The van der Waals surface area contributed by atoms with Gasteiger partial charge in [-0.25, -0.2) is 0 Å². The first kappa shape index (κ1) is 11.8. The van der Waals surface area contributed by atoms with Gasteiger partial charge >= 0.3 is 0 Å². The van der Waals surface area contributed by atoms with Crippen molar-refractivity contribution in [3.8, 4) is 0 Å². The minimum absolute atomic E-state index is 0.644. The molecule has 1 heterocycles. The zero-order valence-electron chi connectivity index (χ0n) is 9.87. The molecule has 1 aromatic heterocycles. The Morgan fingerprint density at radius 2 is 2.24 bits per heavy atom. The van der Waals surface area contributed by atoms with Crippen LogP contribution in [0, 0.1) is 6.92 Å². The Morgan fingerprint density at radius 1 is 1.47 bits per heavy atom. The van der Waals surface area contributed by atoms with E-state index in [0.717, 1.165) is 16.9 Å². The second kappa shape index (κ2) is 4.67. The number of hydrogen-bond donors (Lipinski definition) is 2. The van der Waals surface area contributed by atoms with E-state index in [0.29, 0.717) is 17.3 Å². The molecule has 2 aromatic rings. The summed E-state index contributed by atoms with van der Waals surface area (Å²) in [5.74, 6) is 0. The second-order valence-corrected chi connectivity index (χ2v) is 4.43. The highest BCUT2D eigenvalue weighted by Gasteiger charge is 2.04. The van der Waals surface area contributed by atoms with Crippen LogP contribution >= 0.6 is 11.6 Å². The number of rotatable bonds is 3. The lowest BCUT2D eigenvalue weighted by Gasteiger charge is -2.08. The molecule has 0 aliphatic rings. The van der Waals surface area contributed by atoms with Crippen LogP contribution < -0.4 is 11.1 Å². The van der Waals surface area contributed by atoms with Crippen molar-refractivity contribution >= 4 is 23.0 Å². The molecule has 0 aliphatic heterocycles. The maximum absolute atomic E-state index is 5.86. The van der Waals surface area contributed by atoms with E-state index in [2.05, 4.69) is 10.4 Å². The van der Waals surface area contributed by atoms with Crippen molar-refractivity contribution in [3.63, 3.8) is 0 Å². The Hall–Kier alpha value is -1.68. The van der Waals surface area contributed by atoms with Crippen molar-refractivity contribution in [3.05, 3.63) is 40.7 Å². The Labute approximate surface area is 105 Å². The number of nitrogens with two attached hydrogens (primary N) is 1. The molecule has 0 bridgehead atoms. The van der Waals surface area contributed by atoms with Crippen molar-refractivity contribution in [1.82, 2.24) is 9.78 Å². The van der Waals surface area contributed by atoms with Gasteiger partial charge in [0, 0.05) is 30.4 Å². The van der Waals surface area contributed by atoms with Gasteiger partial charge < -0.3 is 11.1 Å². The van der Waals surface area contributed by atoms with Gasteiger partial charge in [-0.3, -0.25) is 4.68 Å². The molecule has 0 saturated carbocycles. The fourth-order valence-electron chi connectivity index (χ4n) is 1.71. The number of nitrogens with zero attached hydrogens (tertiary/aromatic N) is 2. The lowest BCUT2D eigenvalue weighted by Crippen LogP contribution is -2.02. The fourth-order valence-corrected chi connectivity index (χ4v) is 1.89. The molecule has 5 heteroatoms. The van der Waals surface area contributed by atoms with Crippen LogP contribution in [-0.4, -0.2) is 9.78 Å². The summed E-state index contributed by atoms with van der Waals surface area (Å²) in [5, 5.41) is 8.20. The molecule has 17 heavy (non-hydrogen) atoms. The predicted molar refractivity (Wildman–Crippen MR) is 71.1 cm³/mol. The molecule has 0 atom stereocenters. The summed E-state index contributed by atoms with van der Waals surface area (Å²) in [6.07, 6.45) is 1.99. The standard InChI is InChI=1S/C12H15ClN4/c1-8-9(7-17(2)16-8)6-15-12-4-3-10(13)5-11(12)14/h3-5,7,15H,6,14H2,1-2H3. The molecule has 90 valence electrons. The molecule has 3 N–H and O–H groups in total. The third kappa shape index (κ3) is 2.71. The maximum atomic E-state index is 5.86. The molecule has 0 radical (unpaired) electrons. The largest absolute Gasteiger partial charge is 0.397 e. The third-order valence-electron chi connectivity index (χ3n) is 2.60. The number of halogens is 1. The van der Waals surface area contributed by atoms with Gasteiger partial charge in [0.1, 0.15) is 0 Å². The SMILES string of the molecule is Cc1nn(C)cc1CNc1ccc(Cl)cc1N. The summed E-state index contributed by atoms with van der Waals surface area (Å²) in [5.41, 5.74) is 9.57. The first-order chi connectivity index (χ1) is 8.06. The highest BCUT2D eigenvalue weighted by Crippen LogP contribution is 2.23. The molecule has 0 amide bonds. The second-order valence-electron chi connectivity index (χ2n) is 4.00. The normalized spacial score (nSPS) is 10.5. The zero-order valence-corrected chi connectivity index (χ0v) is 10.6. The molecule has 0 aliphatic carbocycles. The molecule has 0 saturated heterocycles. The third-order valence-corrected chi connectivity index (χ3v) is 2.83. The number of nitrogens with one attached hydrogen (secondary N) is 1. The van der Waals surface area contributed by atoms with Crippen LogP contribution in [0.1, 0.15) is 11.3 Å². The van der Waals surface area contributed by atoms with Gasteiger partial charge in [0.2, 0.25) is 0 Å². The monoisotopic (exact) mass is 250 g/mol. The van der Waals surface area contributed by atoms with Gasteiger partial charge in [-0.1, -0.05) is 11.6 Å². The summed E-state index contributed by atoms with van der Waals surface area (Å²) in [6, 6.07) is 5.43. The van der Waals surface area contributed by atoms with Gasteiger partial charge in [0.05, 0.1) is 17.1 Å². The van der Waals surface area contributed by atoms with E-state index >= 15 is 0 Å². The lowest BCUT2D eigenvalue weighted by atomic mass is 10.2. The van der Waals surface area contributed by atoms with Crippen LogP contribution in [0.2, 0.25) is 5.02 Å². The van der Waals surface area contributed by atoms with E-state index < -0.39 is 0 Å².